The van der Waals surface area contributed by atoms with Crippen LogP contribution in [0.4, 0.5) is 4.79 Å². The molecule has 8 heteroatoms. The van der Waals surface area contributed by atoms with Gasteiger partial charge in [-0.15, -0.1) is 6.58 Å². The Hall–Kier alpha value is -2.74. The van der Waals surface area contributed by atoms with Crippen LogP contribution in [0.1, 0.15) is 5.56 Å². The number of aliphatic carboxylic acids is 1. The molecule has 7 nitrogen and oxygen atoms in total. The van der Waals surface area contributed by atoms with E-state index in [9.17, 15) is 14.4 Å². The van der Waals surface area contributed by atoms with E-state index in [1.807, 2.05) is 0 Å². The highest BCUT2D eigenvalue weighted by atomic mass is 32.2. The zero-order valence-corrected chi connectivity index (χ0v) is 13.7. The number of hydrogen-bond acceptors (Lipinski definition) is 6. The second kappa shape index (κ2) is 7.69. The number of rotatable bonds is 7. The number of methoxy groups -OCH3 is 1. The van der Waals surface area contributed by atoms with E-state index in [2.05, 4.69) is 6.58 Å². The Balaban J connectivity index is 2.23. The Kier molecular flexibility index (Phi) is 5.64. The summed E-state index contributed by atoms with van der Waals surface area (Å²) >= 11 is 0.849. The molecule has 0 unspecified atom stereocenters. The molecule has 24 heavy (non-hydrogen) atoms. The topological polar surface area (TPSA) is 93.1 Å². The molecule has 0 saturated carbocycles. The lowest BCUT2D eigenvalue weighted by Gasteiger charge is -2.10. The molecular weight excluding hydrogens is 334 g/mol. The van der Waals surface area contributed by atoms with E-state index in [0.717, 1.165) is 16.7 Å². The quantitative estimate of drug-likeness (QED) is 0.597. The van der Waals surface area contributed by atoms with Crippen molar-refractivity contribution in [2.24, 2.45) is 0 Å². The predicted octanol–water partition coefficient (Wildman–Crippen LogP) is 2.38. The molecule has 1 aromatic rings. The average molecular weight is 349 g/mol. The van der Waals surface area contributed by atoms with E-state index in [1.165, 1.54) is 13.2 Å². The number of hydrogen-bond donors (Lipinski definition) is 1. The maximum atomic E-state index is 12.2. The van der Waals surface area contributed by atoms with Crippen molar-refractivity contribution in [3.05, 3.63) is 41.3 Å². The number of thioether (sulfide) groups is 1. The Morgan fingerprint density at radius 1 is 1.38 bits per heavy atom. The minimum atomic E-state index is -1.10. The molecule has 0 aromatic heterocycles. The monoisotopic (exact) mass is 349 g/mol. The molecule has 2 rings (SSSR count). The molecule has 1 saturated heterocycles. The Labute approximate surface area is 142 Å². The number of imide groups is 1. The number of carbonyl (C=O) groups is 3. The number of benzene rings is 1. The number of carbonyl (C=O) groups excluding carboxylic acids is 2. The molecule has 1 N–H and O–H groups in total. The van der Waals surface area contributed by atoms with Gasteiger partial charge in [0.15, 0.2) is 18.1 Å². The second-order valence-corrected chi connectivity index (χ2v) is 5.67. The number of carboxylic acids is 1. The molecular formula is C16H15NO6S. The van der Waals surface area contributed by atoms with Crippen molar-refractivity contribution in [1.29, 1.82) is 0 Å². The summed E-state index contributed by atoms with van der Waals surface area (Å²) < 4.78 is 10.3. The van der Waals surface area contributed by atoms with E-state index in [1.54, 1.807) is 24.3 Å². The molecule has 1 heterocycles. The van der Waals surface area contributed by atoms with Gasteiger partial charge in [0.2, 0.25) is 0 Å². The smallest absolute Gasteiger partial charge is 0.341 e. The van der Waals surface area contributed by atoms with Crippen LogP contribution in [0.25, 0.3) is 6.08 Å². The van der Waals surface area contributed by atoms with Crippen LogP contribution in [0.15, 0.2) is 35.8 Å². The van der Waals surface area contributed by atoms with Gasteiger partial charge in [-0.3, -0.25) is 14.5 Å². The summed E-state index contributed by atoms with van der Waals surface area (Å²) in [5.74, 6) is -0.876. The summed E-state index contributed by atoms with van der Waals surface area (Å²) in [5, 5.41) is 8.30. The van der Waals surface area contributed by atoms with E-state index in [4.69, 9.17) is 14.6 Å². The molecule has 2 amide bonds. The third-order valence-corrected chi connectivity index (χ3v) is 3.93. The van der Waals surface area contributed by atoms with Crippen molar-refractivity contribution in [3.63, 3.8) is 0 Å². The minimum Gasteiger partial charge on any atom is -0.493 e. The highest BCUT2D eigenvalue weighted by Gasteiger charge is 2.34. The van der Waals surface area contributed by atoms with Crippen LogP contribution in [0.3, 0.4) is 0 Å². The van der Waals surface area contributed by atoms with Gasteiger partial charge in [0.05, 0.1) is 12.0 Å². The fourth-order valence-corrected chi connectivity index (χ4v) is 2.82. The summed E-state index contributed by atoms with van der Waals surface area (Å²) in [6.07, 6.45) is 3.05. The molecule has 1 aromatic carbocycles. The molecule has 1 aliphatic heterocycles. The summed E-state index contributed by atoms with van der Waals surface area (Å²) in [6, 6.07) is 4.78. The number of nitrogens with zero attached hydrogens (tertiary/aromatic N) is 1. The molecule has 0 aliphatic carbocycles. The standard InChI is InChI=1S/C16H15NO6S/c1-3-6-17-15(20)13(24-16(17)21)8-10-4-5-11(12(7-10)22-2)23-9-14(18)19/h3-5,7-8H,1,6,9H2,2H3,(H,18,19)/b13-8+. The van der Waals surface area contributed by atoms with Gasteiger partial charge >= 0.3 is 5.97 Å². The third-order valence-electron chi connectivity index (χ3n) is 3.02. The maximum absolute atomic E-state index is 12.2. The highest BCUT2D eigenvalue weighted by molar-refractivity contribution is 8.18. The number of carboxylic acid groups (broad SMARTS) is 1. The van der Waals surface area contributed by atoms with Gasteiger partial charge in [0.1, 0.15) is 0 Å². The van der Waals surface area contributed by atoms with Gasteiger partial charge in [0, 0.05) is 6.54 Å². The van der Waals surface area contributed by atoms with Crippen LogP contribution in [-0.2, 0) is 9.59 Å². The zero-order valence-electron chi connectivity index (χ0n) is 12.9. The second-order valence-electron chi connectivity index (χ2n) is 4.67. The summed E-state index contributed by atoms with van der Waals surface area (Å²) in [7, 11) is 1.42. The van der Waals surface area contributed by atoms with Gasteiger partial charge < -0.3 is 14.6 Å². The zero-order chi connectivity index (χ0) is 17.7. The van der Waals surface area contributed by atoms with Crippen molar-refractivity contribution in [1.82, 2.24) is 4.90 Å². The molecule has 0 radical (unpaired) electrons. The first-order valence-corrected chi connectivity index (χ1v) is 7.66. The van der Waals surface area contributed by atoms with Gasteiger partial charge in [-0.2, -0.15) is 0 Å². The molecule has 1 aliphatic rings. The van der Waals surface area contributed by atoms with Crippen LogP contribution in [0.5, 0.6) is 11.5 Å². The fraction of sp³-hybridized carbons (Fsp3) is 0.188. The predicted molar refractivity (Wildman–Crippen MR) is 89.0 cm³/mol. The van der Waals surface area contributed by atoms with Crippen molar-refractivity contribution >= 4 is 35.0 Å². The van der Waals surface area contributed by atoms with E-state index >= 15 is 0 Å². The van der Waals surface area contributed by atoms with Crippen molar-refractivity contribution < 1.29 is 29.0 Å². The van der Waals surface area contributed by atoms with Crippen molar-refractivity contribution in [2.45, 2.75) is 0 Å². The summed E-state index contributed by atoms with van der Waals surface area (Å²) in [6.45, 7) is 3.19. The van der Waals surface area contributed by atoms with Gasteiger partial charge in [-0.1, -0.05) is 12.1 Å². The highest BCUT2D eigenvalue weighted by Crippen LogP contribution is 2.34. The number of ether oxygens (including phenoxy) is 2. The third kappa shape index (κ3) is 3.96. The summed E-state index contributed by atoms with van der Waals surface area (Å²) in [4.78, 5) is 35.9. The lowest BCUT2D eigenvalue weighted by Crippen LogP contribution is -2.27. The first kappa shape index (κ1) is 17.6. The number of amides is 2. The Bertz CT molecular complexity index is 727. The lowest BCUT2D eigenvalue weighted by molar-refractivity contribution is -0.139. The SMILES string of the molecule is C=CCN1C(=O)S/C(=C/c2ccc(OCC(=O)O)c(OC)c2)C1=O. The van der Waals surface area contributed by atoms with Crippen molar-refractivity contribution in [3.8, 4) is 11.5 Å². The lowest BCUT2D eigenvalue weighted by atomic mass is 10.2. The van der Waals surface area contributed by atoms with Crippen LogP contribution in [0.2, 0.25) is 0 Å². The van der Waals surface area contributed by atoms with Gasteiger partial charge in [-0.25, -0.2) is 4.79 Å². The average Bonchev–Trinajstić information content (AvgIpc) is 2.81. The first-order valence-electron chi connectivity index (χ1n) is 6.85. The van der Waals surface area contributed by atoms with Crippen LogP contribution in [0, 0.1) is 0 Å². The summed E-state index contributed by atoms with van der Waals surface area (Å²) in [5.41, 5.74) is 0.624. The largest absolute Gasteiger partial charge is 0.493 e. The maximum Gasteiger partial charge on any atom is 0.341 e. The van der Waals surface area contributed by atoms with Crippen LogP contribution < -0.4 is 9.47 Å². The molecule has 0 bridgehead atoms. The molecule has 1 fully saturated rings. The van der Waals surface area contributed by atoms with E-state index in [-0.39, 0.29) is 23.4 Å². The van der Waals surface area contributed by atoms with Crippen LogP contribution in [-0.4, -0.2) is 47.4 Å². The normalized spacial score (nSPS) is 15.7. The van der Waals surface area contributed by atoms with Gasteiger partial charge in [0.25, 0.3) is 11.1 Å². The van der Waals surface area contributed by atoms with Gasteiger partial charge in [-0.05, 0) is 35.5 Å². The minimum absolute atomic E-state index is 0.160. The molecule has 0 atom stereocenters. The Morgan fingerprint density at radius 2 is 2.12 bits per heavy atom. The van der Waals surface area contributed by atoms with Crippen LogP contribution >= 0.6 is 11.8 Å². The van der Waals surface area contributed by atoms with Crippen molar-refractivity contribution in [2.75, 3.05) is 20.3 Å². The Morgan fingerprint density at radius 3 is 2.75 bits per heavy atom. The van der Waals surface area contributed by atoms with E-state index in [0.29, 0.717) is 16.2 Å². The molecule has 0 spiro atoms. The van der Waals surface area contributed by atoms with E-state index < -0.39 is 12.6 Å². The molecule has 126 valence electrons. The fourth-order valence-electron chi connectivity index (χ4n) is 1.97. The first-order chi connectivity index (χ1) is 11.5.